The molecule has 0 aliphatic carbocycles. The van der Waals surface area contributed by atoms with Crippen molar-refractivity contribution < 1.29 is 0 Å². The van der Waals surface area contributed by atoms with Crippen LogP contribution in [0.5, 0.6) is 0 Å². The van der Waals surface area contributed by atoms with E-state index in [2.05, 4.69) is 63.1 Å². The number of allylic oxidation sites excluding steroid dienone is 2. The molecule has 1 atom stereocenters. The number of rotatable bonds is 2. The Kier molecular flexibility index (Phi) is 4.54. The largest absolute Gasteiger partial charge is 0.303 e. The van der Waals surface area contributed by atoms with Gasteiger partial charge in [0.25, 0.3) is 0 Å². The Morgan fingerprint density at radius 2 is 2.11 bits per heavy atom. The molecule has 0 amide bonds. The third-order valence-electron chi connectivity index (χ3n) is 4.08. The van der Waals surface area contributed by atoms with Gasteiger partial charge in [0.1, 0.15) is 0 Å². The van der Waals surface area contributed by atoms with Crippen molar-refractivity contribution in [1.29, 1.82) is 0 Å². The van der Waals surface area contributed by atoms with Gasteiger partial charge in [-0.25, -0.2) is 0 Å². The topological polar surface area (TPSA) is 15.6 Å². The molecule has 2 rings (SSSR count). The summed E-state index contributed by atoms with van der Waals surface area (Å²) in [5.41, 5.74) is 5.00. The van der Waals surface area contributed by atoms with Crippen molar-refractivity contribution in [1.82, 2.24) is 4.90 Å². The van der Waals surface area contributed by atoms with Gasteiger partial charge in [-0.1, -0.05) is 24.3 Å². The van der Waals surface area contributed by atoms with Crippen LogP contribution in [-0.4, -0.2) is 30.2 Å². The van der Waals surface area contributed by atoms with Gasteiger partial charge < -0.3 is 4.90 Å². The second-order valence-electron chi connectivity index (χ2n) is 5.45. The van der Waals surface area contributed by atoms with Crippen LogP contribution < -0.4 is 0 Å². The summed E-state index contributed by atoms with van der Waals surface area (Å²) < 4.78 is 0. The zero-order chi connectivity index (χ0) is 13.8. The van der Waals surface area contributed by atoms with E-state index in [1.54, 1.807) is 0 Å². The molecule has 102 valence electrons. The molecule has 1 aliphatic heterocycles. The Hall–Kier alpha value is -1.41. The number of likely N-dealkylation sites (tertiary alicyclic amines) is 1. The molecule has 0 N–H and O–H groups in total. The van der Waals surface area contributed by atoms with Gasteiger partial charge >= 0.3 is 0 Å². The lowest BCUT2D eigenvalue weighted by Crippen LogP contribution is -2.37. The summed E-state index contributed by atoms with van der Waals surface area (Å²) in [6.45, 7) is 7.62. The highest BCUT2D eigenvalue weighted by molar-refractivity contribution is 5.89. The van der Waals surface area contributed by atoms with Crippen LogP contribution in [-0.2, 0) is 0 Å². The molecule has 1 unspecified atom stereocenters. The molecule has 1 fully saturated rings. The van der Waals surface area contributed by atoms with Crippen molar-refractivity contribution >= 4 is 17.0 Å². The van der Waals surface area contributed by atoms with Crippen LogP contribution in [0.2, 0.25) is 0 Å². The fourth-order valence-corrected chi connectivity index (χ4v) is 2.46. The van der Waals surface area contributed by atoms with E-state index in [1.807, 2.05) is 0 Å². The van der Waals surface area contributed by atoms with Crippen LogP contribution in [0, 0.1) is 0 Å². The van der Waals surface area contributed by atoms with E-state index in [9.17, 15) is 0 Å². The van der Waals surface area contributed by atoms with Gasteiger partial charge in [0.05, 0.1) is 5.69 Å². The number of benzene rings is 1. The van der Waals surface area contributed by atoms with Crippen molar-refractivity contribution in [2.75, 3.05) is 13.6 Å². The predicted octanol–water partition coefficient (Wildman–Crippen LogP) is 4.30. The second-order valence-corrected chi connectivity index (χ2v) is 5.45. The van der Waals surface area contributed by atoms with E-state index < -0.39 is 0 Å². The predicted molar refractivity (Wildman–Crippen MR) is 84.2 cm³/mol. The van der Waals surface area contributed by atoms with E-state index in [0.717, 1.165) is 25.1 Å². The van der Waals surface area contributed by atoms with Gasteiger partial charge in [-0.05, 0) is 45.9 Å². The highest BCUT2D eigenvalue weighted by atomic mass is 15.1. The molecule has 0 saturated carbocycles. The number of para-hydroxylation sites is 1. The summed E-state index contributed by atoms with van der Waals surface area (Å²) in [5, 5.41) is 0. The summed E-state index contributed by atoms with van der Waals surface area (Å²) in [5.74, 6) is 0. The van der Waals surface area contributed by atoms with E-state index in [0.29, 0.717) is 6.04 Å². The first-order chi connectivity index (χ1) is 9.11. The fraction of sp³-hybridized carbons (Fsp3) is 0.471. The van der Waals surface area contributed by atoms with Gasteiger partial charge in [-0.2, -0.15) is 0 Å². The normalized spacial score (nSPS) is 23.9. The Balaban J connectivity index is 2.28. The number of nitrogens with zero attached hydrogens (tertiary/aromatic N) is 2. The Morgan fingerprint density at radius 1 is 1.37 bits per heavy atom. The minimum atomic E-state index is 0.600. The van der Waals surface area contributed by atoms with Gasteiger partial charge in [0, 0.05) is 30.3 Å². The number of piperidine rings is 1. The summed E-state index contributed by atoms with van der Waals surface area (Å²) >= 11 is 0. The third kappa shape index (κ3) is 3.32. The first kappa shape index (κ1) is 14.0. The lowest BCUT2D eigenvalue weighted by Gasteiger charge is -2.30. The van der Waals surface area contributed by atoms with Crippen molar-refractivity contribution in [3.8, 4) is 0 Å². The molecule has 0 spiro atoms. The Labute approximate surface area is 116 Å². The molecule has 0 radical (unpaired) electrons. The number of hydrogen-bond donors (Lipinski definition) is 0. The maximum absolute atomic E-state index is 4.92. The van der Waals surface area contributed by atoms with Crippen LogP contribution >= 0.6 is 0 Å². The molecule has 1 heterocycles. The summed E-state index contributed by atoms with van der Waals surface area (Å²) in [4.78, 5) is 7.33. The highest BCUT2D eigenvalue weighted by Crippen LogP contribution is 2.27. The van der Waals surface area contributed by atoms with Crippen molar-refractivity contribution in [3.63, 3.8) is 0 Å². The molecule has 1 saturated heterocycles. The minimum absolute atomic E-state index is 0.600. The zero-order valence-electron chi connectivity index (χ0n) is 12.5. The molecule has 1 aromatic rings. The average molecular weight is 256 g/mol. The van der Waals surface area contributed by atoms with Crippen molar-refractivity contribution in [2.45, 2.75) is 39.7 Å². The first-order valence-corrected chi connectivity index (χ1v) is 7.10. The summed E-state index contributed by atoms with van der Waals surface area (Å²) in [7, 11) is 2.19. The summed E-state index contributed by atoms with van der Waals surface area (Å²) in [6, 6.07) is 9.04. The average Bonchev–Trinajstić information content (AvgIpc) is 2.43. The number of hydrogen-bond acceptors (Lipinski definition) is 2. The zero-order valence-corrected chi connectivity index (χ0v) is 12.5. The van der Waals surface area contributed by atoms with Gasteiger partial charge in [0.2, 0.25) is 0 Å². The minimum Gasteiger partial charge on any atom is -0.303 e. The van der Waals surface area contributed by atoms with Crippen LogP contribution in [0.3, 0.4) is 0 Å². The molecule has 0 bridgehead atoms. The smallest absolute Gasteiger partial charge is 0.0703 e. The van der Waals surface area contributed by atoms with Gasteiger partial charge in [-0.3, -0.25) is 4.99 Å². The first-order valence-electron chi connectivity index (χ1n) is 7.10. The van der Waals surface area contributed by atoms with E-state index in [-0.39, 0.29) is 0 Å². The van der Waals surface area contributed by atoms with Crippen LogP contribution in [0.25, 0.3) is 5.57 Å². The second kappa shape index (κ2) is 6.16. The van der Waals surface area contributed by atoms with E-state index in [4.69, 9.17) is 4.99 Å². The Bertz CT molecular complexity index is 500. The molecule has 2 heteroatoms. The van der Waals surface area contributed by atoms with Crippen molar-refractivity contribution in [2.24, 2.45) is 4.99 Å². The Morgan fingerprint density at radius 3 is 2.79 bits per heavy atom. The SMILES string of the molecule is C/C=C(/C)c1ccccc1N=C1CCN(C)C(C)C1. The fourth-order valence-electron chi connectivity index (χ4n) is 2.46. The molecule has 1 aliphatic rings. The number of aliphatic imine (C=N–C) groups is 1. The molecular weight excluding hydrogens is 232 g/mol. The molecule has 1 aromatic carbocycles. The van der Waals surface area contributed by atoms with E-state index in [1.165, 1.54) is 16.8 Å². The van der Waals surface area contributed by atoms with Crippen LogP contribution in [0.4, 0.5) is 5.69 Å². The lowest BCUT2D eigenvalue weighted by atomic mass is 10.0. The molecule has 2 nitrogen and oxygen atoms in total. The monoisotopic (exact) mass is 256 g/mol. The standard InChI is InChI=1S/C17H24N2/c1-5-13(2)16-8-6-7-9-17(16)18-15-10-11-19(4)14(3)12-15/h5-9,14H,10-12H2,1-4H3/b13-5-,18-15?. The molecular formula is C17H24N2. The highest BCUT2D eigenvalue weighted by Gasteiger charge is 2.19. The van der Waals surface area contributed by atoms with Crippen LogP contribution in [0.1, 0.15) is 39.2 Å². The van der Waals surface area contributed by atoms with Gasteiger partial charge in [-0.15, -0.1) is 0 Å². The van der Waals surface area contributed by atoms with E-state index >= 15 is 0 Å². The summed E-state index contributed by atoms with van der Waals surface area (Å²) in [6.07, 6.45) is 4.32. The third-order valence-corrected chi connectivity index (χ3v) is 4.08. The molecule has 0 aromatic heterocycles. The van der Waals surface area contributed by atoms with Gasteiger partial charge in [0.15, 0.2) is 0 Å². The maximum atomic E-state index is 4.92. The van der Waals surface area contributed by atoms with Crippen LogP contribution in [0.15, 0.2) is 35.3 Å². The molecule has 19 heavy (non-hydrogen) atoms. The maximum Gasteiger partial charge on any atom is 0.0703 e. The lowest BCUT2D eigenvalue weighted by molar-refractivity contribution is 0.253. The van der Waals surface area contributed by atoms with Crippen molar-refractivity contribution in [3.05, 3.63) is 35.9 Å². The quantitative estimate of drug-likeness (QED) is 0.770.